The number of nitrogens with one attached hydrogen (secondary N) is 1. The Kier molecular flexibility index (Phi) is 4.03. The van der Waals surface area contributed by atoms with E-state index in [1.54, 1.807) is 0 Å². The lowest BCUT2D eigenvalue weighted by atomic mass is 10.2. The van der Waals surface area contributed by atoms with E-state index in [-0.39, 0.29) is 22.0 Å². The second-order valence-electron chi connectivity index (χ2n) is 3.96. The molecule has 0 aliphatic heterocycles. The summed E-state index contributed by atoms with van der Waals surface area (Å²) in [5, 5.41) is 7.18. The first-order chi connectivity index (χ1) is 9.94. The molecule has 9 heteroatoms. The Morgan fingerprint density at radius 1 is 1.33 bits per heavy atom. The Morgan fingerprint density at radius 2 is 2.10 bits per heavy atom. The number of ether oxygens (including phenoxy) is 1. The molecule has 0 amide bonds. The van der Waals surface area contributed by atoms with E-state index in [1.807, 2.05) is 0 Å². The number of aromatic nitrogens is 2. The summed E-state index contributed by atoms with van der Waals surface area (Å²) in [5.74, 6) is -0.771. The highest BCUT2D eigenvalue weighted by Gasteiger charge is 2.23. The molecule has 3 N–H and O–H groups in total. The fourth-order valence-electron chi connectivity index (χ4n) is 1.60. The summed E-state index contributed by atoms with van der Waals surface area (Å²) in [6.45, 7) is 0. The van der Waals surface area contributed by atoms with E-state index in [1.165, 1.54) is 36.5 Å². The number of nitrogens with zero attached hydrogens (tertiary/aromatic N) is 2. The van der Waals surface area contributed by atoms with Crippen molar-refractivity contribution in [2.45, 2.75) is 4.90 Å². The molecule has 0 radical (unpaired) electrons. The van der Waals surface area contributed by atoms with Crippen LogP contribution in [0.4, 0.5) is 11.5 Å². The molecule has 21 heavy (non-hydrogen) atoms. The smallest absolute Gasteiger partial charge is 0.339 e. The zero-order valence-corrected chi connectivity index (χ0v) is 11.8. The van der Waals surface area contributed by atoms with Crippen LogP contribution in [-0.2, 0) is 14.8 Å². The molecule has 1 heterocycles. The number of nitrogens with two attached hydrogens (primary N) is 1. The molecule has 110 valence electrons. The molecule has 0 atom stereocenters. The molecule has 2 rings (SSSR count). The van der Waals surface area contributed by atoms with Crippen LogP contribution in [0.2, 0.25) is 0 Å². The monoisotopic (exact) mass is 308 g/mol. The van der Waals surface area contributed by atoms with E-state index in [0.29, 0.717) is 0 Å². The van der Waals surface area contributed by atoms with Crippen LogP contribution >= 0.6 is 0 Å². The van der Waals surface area contributed by atoms with E-state index in [9.17, 15) is 13.2 Å². The first-order valence-corrected chi connectivity index (χ1v) is 7.21. The standard InChI is InChI=1S/C12H12N4O4S/c1-20-12(17)9-7-8(13)4-5-10(9)21(18,19)16-11-3-2-6-14-15-11/h2-7H,13H2,1H3,(H,15,16). The summed E-state index contributed by atoms with van der Waals surface area (Å²) in [7, 11) is -2.87. The maximum atomic E-state index is 12.3. The van der Waals surface area contributed by atoms with E-state index in [2.05, 4.69) is 19.7 Å². The van der Waals surface area contributed by atoms with Gasteiger partial charge in [-0.25, -0.2) is 13.2 Å². The van der Waals surface area contributed by atoms with Gasteiger partial charge in [0.2, 0.25) is 0 Å². The molecule has 0 saturated heterocycles. The molecule has 0 saturated carbocycles. The lowest BCUT2D eigenvalue weighted by Crippen LogP contribution is -2.18. The minimum atomic E-state index is -4.02. The van der Waals surface area contributed by atoms with Gasteiger partial charge in [0.1, 0.15) is 4.90 Å². The van der Waals surface area contributed by atoms with Gasteiger partial charge in [-0.1, -0.05) is 0 Å². The summed E-state index contributed by atoms with van der Waals surface area (Å²) in [6, 6.07) is 6.78. The van der Waals surface area contributed by atoms with Crippen LogP contribution in [0.15, 0.2) is 41.4 Å². The summed E-state index contributed by atoms with van der Waals surface area (Å²) in [6.07, 6.45) is 1.40. The van der Waals surface area contributed by atoms with Gasteiger partial charge in [-0.05, 0) is 30.3 Å². The highest BCUT2D eigenvalue weighted by atomic mass is 32.2. The highest BCUT2D eigenvalue weighted by Crippen LogP contribution is 2.21. The predicted molar refractivity (Wildman–Crippen MR) is 75.0 cm³/mol. The van der Waals surface area contributed by atoms with Gasteiger partial charge >= 0.3 is 5.97 Å². The Bertz CT molecular complexity index is 762. The van der Waals surface area contributed by atoms with Crippen molar-refractivity contribution < 1.29 is 17.9 Å². The normalized spacial score (nSPS) is 10.9. The second-order valence-corrected chi connectivity index (χ2v) is 5.61. The maximum absolute atomic E-state index is 12.3. The number of rotatable bonds is 4. The predicted octanol–water partition coefficient (Wildman–Crippen LogP) is 0.646. The van der Waals surface area contributed by atoms with Crippen LogP contribution in [-0.4, -0.2) is 31.7 Å². The Balaban J connectivity index is 2.47. The van der Waals surface area contributed by atoms with Gasteiger partial charge < -0.3 is 10.5 Å². The third-order valence-corrected chi connectivity index (χ3v) is 3.92. The molecule has 0 aliphatic carbocycles. The Morgan fingerprint density at radius 3 is 2.71 bits per heavy atom. The van der Waals surface area contributed by atoms with Crippen molar-refractivity contribution in [3.05, 3.63) is 42.1 Å². The van der Waals surface area contributed by atoms with Gasteiger partial charge in [0.15, 0.2) is 5.82 Å². The molecule has 0 fully saturated rings. The number of anilines is 2. The molecule has 0 bridgehead atoms. The third-order valence-electron chi connectivity index (χ3n) is 2.51. The summed E-state index contributed by atoms with van der Waals surface area (Å²) >= 11 is 0. The van der Waals surface area contributed by atoms with Crippen LogP contribution < -0.4 is 10.5 Å². The van der Waals surface area contributed by atoms with Crippen LogP contribution in [0.5, 0.6) is 0 Å². The van der Waals surface area contributed by atoms with E-state index < -0.39 is 16.0 Å². The molecule has 0 aliphatic rings. The minimum absolute atomic E-state index is 0.0325. The van der Waals surface area contributed by atoms with Gasteiger partial charge in [-0.2, -0.15) is 5.10 Å². The van der Waals surface area contributed by atoms with Crippen molar-refractivity contribution in [3.63, 3.8) is 0 Å². The molecule has 0 unspecified atom stereocenters. The third kappa shape index (κ3) is 3.26. The molecule has 2 aromatic rings. The number of carbonyl (C=O) groups is 1. The number of nitrogen functional groups attached to an aromatic ring is 1. The van der Waals surface area contributed by atoms with Crippen molar-refractivity contribution in [2.75, 3.05) is 17.6 Å². The van der Waals surface area contributed by atoms with Gasteiger partial charge in [-0.15, -0.1) is 5.10 Å². The molecule has 8 nitrogen and oxygen atoms in total. The van der Waals surface area contributed by atoms with E-state index >= 15 is 0 Å². The maximum Gasteiger partial charge on any atom is 0.339 e. The zero-order chi connectivity index (χ0) is 15.5. The van der Waals surface area contributed by atoms with Crippen LogP contribution in [0.1, 0.15) is 10.4 Å². The van der Waals surface area contributed by atoms with Gasteiger partial charge in [0, 0.05) is 11.9 Å². The largest absolute Gasteiger partial charge is 0.465 e. The first-order valence-electron chi connectivity index (χ1n) is 5.72. The lowest BCUT2D eigenvalue weighted by Gasteiger charge is -2.11. The molecule has 0 spiro atoms. The van der Waals surface area contributed by atoms with Crippen molar-refractivity contribution in [1.29, 1.82) is 0 Å². The van der Waals surface area contributed by atoms with Gasteiger partial charge in [0.05, 0.1) is 12.7 Å². The topological polar surface area (TPSA) is 124 Å². The van der Waals surface area contributed by atoms with Crippen molar-refractivity contribution >= 4 is 27.5 Å². The number of benzene rings is 1. The fourth-order valence-corrected chi connectivity index (χ4v) is 2.77. The molecular weight excluding hydrogens is 296 g/mol. The summed E-state index contributed by atoms with van der Waals surface area (Å²) < 4.78 is 31.4. The Labute approximate surface area is 121 Å². The molecule has 1 aromatic heterocycles. The minimum Gasteiger partial charge on any atom is -0.465 e. The van der Waals surface area contributed by atoms with Crippen molar-refractivity contribution in [3.8, 4) is 0 Å². The number of carbonyl (C=O) groups excluding carboxylic acids is 1. The van der Waals surface area contributed by atoms with Crippen LogP contribution in [0.3, 0.4) is 0 Å². The van der Waals surface area contributed by atoms with Crippen LogP contribution in [0, 0.1) is 0 Å². The fraction of sp³-hybridized carbons (Fsp3) is 0.0833. The van der Waals surface area contributed by atoms with Gasteiger partial charge in [-0.3, -0.25) is 4.72 Å². The second kappa shape index (κ2) is 5.75. The quantitative estimate of drug-likeness (QED) is 0.627. The highest BCUT2D eigenvalue weighted by molar-refractivity contribution is 7.92. The summed E-state index contributed by atoms with van der Waals surface area (Å²) in [5.41, 5.74) is 5.66. The first kappa shape index (κ1) is 14.7. The zero-order valence-electron chi connectivity index (χ0n) is 11.0. The summed E-state index contributed by atoms with van der Waals surface area (Å²) in [4.78, 5) is 11.4. The molecular formula is C12H12N4O4S. The Hall–Kier alpha value is -2.68. The van der Waals surface area contributed by atoms with Crippen LogP contribution in [0.25, 0.3) is 0 Å². The molecule has 1 aromatic carbocycles. The number of hydrogen-bond donors (Lipinski definition) is 2. The van der Waals surface area contributed by atoms with Gasteiger partial charge in [0.25, 0.3) is 10.0 Å². The number of methoxy groups -OCH3 is 1. The average Bonchev–Trinajstić information content (AvgIpc) is 2.46. The average molecular weight is 308 g/mol. The number of sulfonamides is 1. The van der Waals surface area contributed by atoms with Crippen molar-refractivity contribution in [2.24, 2.45) is 0 Å². The SMILES string of the molecule is COC(=O)c1cc(N)ccc1S(=O)(=O)Nc1cccnn1. The van der Waals surface area contributed by atoms with Crippen molar-refractivity contribution in [1.82, 2.24) is 10.2 Å². The number of esters is 1. The lowest BCUT2D eigenvalue weighted by molar-refractivity contribution is 0.0596. The van der Waals surface area contributed by atoms with E-state index in [4.69, 9.17) is 5.73 Å². The van der Waals surface area contributed by atoms with E-state index in [0.717, 1.165) is 7.11 Å². The number of hydrogen-bond acceptors (Lipinski definition) is 7.